The van der Waals surface area contributed by atoms with Crippen molar-refractivity contribution in [3.63, 3.8) is 0 Å². The Morgan fingerprint density at radius 3 is 2.78 bits per heavy atom. The van der Waals surface area contributed by atoms with Crippen LogP contribution in [0.1, 0.15) is 58.8 Å². The number of carbonyl (C=O) groups is 1. The molecule has 0 radical (unpaired) electrons. The molecule has 3 aliphatic heterocycles. The standard InChI is InChI=1S/C27H36FN7O2/c1-27(2)25(36)35(16-17-8-9-17)24-22(37-27)12-19(14-30-24)32-26-31-15-20(28)23(33-26)29-13-18-6-5-11-34-10-4-3-7-21(18)34/h12,14-15,17-18,21H,3-11,13,16H2,1-2H3,(H2,29,31,32,33)/t18-,21+/m0/s1. The molecule has 6 rings (SSSR count). The highest BCUT2D eigenvalue weighted by molar-refractivity contribution is 6.01. The minimum Gasteiger partial charge on any atom is -0.474 e. The van der Waals surface area contributed by atoms with E-state index in [9.17, 15) is 9.18 Å². The molecule has 37 heavy (non-hydrogen) atoms. The fourth-order valence-corrected chi connectivity index (χ4v) is 5.97. The van der Waals surface area contributed by atoms with Crippen molar-refractivity contribution < 1.29 is 13.9 Å². The van der Waals surface area contributed by atoms with Gasteiger partial charge in [0.05, 0.1) is 18.1 Å². The molecule has 198 valence electrons. The normalized spacial score (nSPS) is 25.2. The van der Waals surface area contributed by atoms with Crippen LogP contribution in [0.5, 0.6) is 5.75 Å². The molecule has 0 aromatic carbocycles. The summed E-state index contributed by atoms with van der Waals surface area (Å²) in [5, 5.41) is 6.39. The van der Waals surface area contributed by atoms with E-state index >= 15 is 0 Å². The number of ether oxygens (including phenoxy) is 1. The first kappa shape index (κ1) is 24.3. The van der Waals surface area contributed by atoms with Crippen molar-refractivity contribution in [3.05, 3.63) is 24.3 Å². The Morgan fingerprint density at radius 2 is 1.95 bits per heavy atom. The maximum Gasteiger partial charge on any atom is 0.271 e. The Bertz CT molecular complexity index is 1170. The molecule has 2 aromatic heterocycles. The van der Waals surface area contributed by atoms with Crippen molar-refractivity contribution in [3.8, 4) is 5.75 Å². The lowest BCUT2D eigenvalue weighted by atomic mass is 9.83. The Morgan fingerprint density at radius 1 is 1.11 bits per heavy atom. The smallest absolute Gasteiger partial charge is 0.271 e. The van der Waals surface area contributed by atoms with Gasteiger partial charge < -0.3 is 20.3 Å². The van der Waals surface area contributed by atoms with E-state index < -0.39 is 11.4 Å². The minimum absolute atomic E-state index is 0.0768. The zero-order chi connectivity index (χ0) is 25.6. The molecule has 2 aromatic rings. The summed E-state index contributed by atoms with van der Waals surface area (Å²) < 4.78 is 20.6. The van der Waals surface area contributed by atoms with Gasteiger partial charge in [0.1, 0.15) is 0 Å². The van der Waals surface area contributed by atoms with E-state index in [-0.39, 0.29) is 17.7 Å². The first-order chi connectivity index (χ1) is 17.9. The fraction of sp³-hybridized carbons (Fsp3) is 0.630. The molecule has 2 N–H and O–H groups in total. The summed E-state index contributed by atoms with van der Waals surface area (Å²) in [5.41, 5.74) is -0.364. The van der Waals surface area contributed by atoms with E-state index in [0.29, 0.717) is 48.2 Å². The second-order valence-corrected chi connectivity index (χ2v) is 11.4. The SMILES string of the molecule is CC1(C)Oc2cc(Nc3ncc(F)c(NC[C@@H]4CCCN5CCCC[C@H]45)n3)cnc2N(CC2CC2)C1=O. The minimum atomic E-state index is -0.974. The summed E-state index contributed by atoms with van der Waals surface area (Å²) in [6.07, 6.45) is 11.2. The van der Waals surface area contributed by atoms with Gasteiger partial charge in [0, 0.05) is 25.2 Å². The molecule has 1 saturated carbocycles. The lowest BCUT2D eigenvalue weighted by molar-refractivity contribution is -0.132. The summed E-state index contributed by atoms with van der Waals surface area (Å²) in [6.45, 7) is 7.27. The summed E-state index contributed by atoms with van der Waals surface area (Å²) in [5.74, 6) is 2.02. The second-order valence-electron chi connectivity index (χ2n) is 11.4. The summed E-state index contributed by atoms with van der Waals surface area (Å²) >= 11 is 0. The van der Waals surface area contributed by atoms with E-state index in [0.717, 1.165) is 19.3 Å². The summed E-state index contributed by atoms with van der Waals surface area (Å²) in [6, 6.07) is 2.38. The molecule has 4 aliphatic rings. The molecule has 0 bridgehead atoms. The average Bonchev–Trinajstić information content (AvgIpc) is 3.71. The number of halogens is 1. The quantitative estimate of drug-likeness (QED) is 0.569. The van der Waals surface area contributed by atoms with Gasteiger partial charge in [-0.2, -0.15) is 4.98 Å². The summed E-state index contributed by atoms with van der Waals surface area (Å²) in [4.78, 5) is 30.4. The first-order valence-electron chi connectivity index (χ1n) is 13.7. The van der Waals surface area contributed by atoms with Gasteiger partial charge in [0.2, 0.25) is 5.95 Å². The molecule has 10 heteroatoms. The number of rotatable bonds is 7. The van der Waals surface area contributed by atoms with Crippen LogP contribution >= 0.6 is 0 Å². The zero-order valence-corrected chi connectivity index (χ0v) is 21.7. The third kappa shape index (κ3) is 5.08. The molecule has 5 heterocycles. The molecule has 1 aliphatic carbocycles. The number of aromatic nitrogens is 3. The monoisotopic (exact) mass is 509 g/mol. The van der Waals surface area contributed by atoms with Crippen LogP contribution < -0.4 is 20.3 Å². The van der Waals surface area contributed by atoms with Gasteiger partial charge in [-0.15, -0.1) is 0 Å². The van der Waals surface area contributed by atoms with Crippen LogP contribution in [-0.4, -0.2) is 63.6 Å². The first-order valence-corrected chi connectivity index (χ1v) is 13.7. The Hall–Kier alpha value is -3.01. The van der Waals surface area contributed by atoms with E-state index in [1.165, 1.54) is 45.0 Å². The zero-order valence-electron chi connectivity index (χ0n) is 21.7. The molecule has 0 spiro atoms. The number of pyridine rings is 1. The maximum absolute atomic E-state index is 14.6. The van der Waals surface area contributed by atoms with Crippen LogP contribution in [0.15, 0.2) is 18.5 Å². The number of hydrogen-bond acceptors (Lipinski definition) is 8. The van der Waals surface area contributed by atoms with Gasteiger partial charge in [-0.1, -0.05) is 6.42 Å². The van der Waals surface area contributed by atoms with Crippen LogP contribution in [0.25, 0.3) is 0 Å². The van der Waals surface area contributed by atoms with Crippen LogP contribution in [0, 0.1) is 17.7 Å². The van der Waals surface area contributed by atoms with Gasteiger partial charge in [0.15, 0.2) is 28.8 Å². The second kappa shape index (κ2) is 9.70. The predicted octanol–water partition coefficient (Wildman–Crippen LogP) is 4.34. The van der Waals surface area contributed by atoms with Gasteiger partial charge in [-0.25, -0.2) is 14.4 Å². The third-order valence-electron chi connectivity index (χ3n) is 8.11. The molecule has 9 nitrogen and oxygen atoms in total. The number of fused-ring (bicyclic) bond motifs is 2. The molecule has 0 unspecified atom stereocenters. The van der Waals surface area contributed by atoms with Gasteiger partial charge in [0.25, 0.3) is 5.91 Å². The number of anilines is 4. The van der Waals surface area contributed by atoms with E-state index in [1.54, 1.807) is 31.0 Å². The lowest BCUT2D eigenvalue weighted by Crippen LogP contribution is -2.53. The number of hydrogen-bond donors (Lipinski definition) is 2. The van der Waals surface area contributed by atoms with Crippen molar-refractivity contribution in [1.29, 1.82) is 0 Å². The lowest BCUT2D eigenvalue weighted by Gasteiger charge is -2.44. The van der Waals surface area contributed by atoms with Crippen molar-refractivity contribution >= 4 is 29.2 Å². The Kier molecular flexibility index (Phi) is 6.38. The topological polar surface area (TPSA) is 95.5 Å². The average molecular weight is 510 g/mol. The predicted molar refractivity (Wildman–Crippen MR) is 140 cm³/mol. The third-order valence-corrected chi connectivity index (χ3v) is 8.11. The Labute approximate surface area is 217 Å². The van der Waals surface area contributed by atoms with Crippen molar-refractivity contribution in [2.75, 3.05) is 41.7 Å². The number of piperidine rings is 2. The summed E-state index contributed by atoms with van der Waals surface area (Å²) in [7, 11) is 0. The van der Waals surface area contributed by atoms with Gasteiger partial charge in [-0.05, 0) is 77.3 Å². The molecule has 1 amide bonds. The van der Waals surface area contributed by atoms with Crippen LogP contribution in [0.2, 0.25) is 0 Å². The number of carbonyl (C=O) groups excluding carboxylic acids is 1. The van der Waals surface area contributed by atoms with Crippen molar-refractivity contribution in [1.82, 2.24) is 19.9 Å². The molecular formula is C27H36FN7O2. The Balaban J connectivity index is 1.16. The fourth-order valence-electron chi connectivity index (χ4n) is 5.97. The highest BCUT2D eigenvalue weighted by Crippen LogP contribution is 2.41. The van der Waals surface area contributed by atoms with Gasteiger partial charge >= 0.3 is 0 Å². The maximum atomic E-state index is 14.6. The number of nitrogens with zero attached hydrogens (tertiary/aromatic N) is 5. The highest BCUT2D eigenvalue weighted by Gasteiger charge is 2.43. The van der Waals surface area contributed by atoms with Crippen molar-refractivity contribution in [2.45, 2.75) is 70.4 Å². The van der Waals surface area contributed by atoms with E-state index in [1.807, 2.05) is 0 Å². The highest BCUT2D eigenvalue weighted by atomic mass is 19.1. The van der Waals surface area contributed by atoms with Crippen LogP contribution in [-0.2, 0) is 4.79 Å². The van der Waals surface area contributed by atoms with E-state index in [2.05, 4.69) is 30.5 Å². The van der Waals surface area contributed by atoms with Crippen LogP contribution in [0.3, 0.4) is 0 Å². The largest absolute Gasteiger partial charge is 0.474 e. The van der Waals surface area contributed by atoms with E-state index in [4.69, 9.17) is 4.74 Å². The number of amides is 1. The number of nitrogens with one attached hydrogen (secondary N) is 2. The van der Waals surface area contributed by atoms with Crippen LogP contribution in [0.4, 0.5) is 27.7 Å². The van der Waals surface area contributed by atoms with Crippen molar-refractivity contribution in [2.24, 2.45) is 11.8 Å². The van der Waals surface area contributed by atoms with Gasteiger partial charge in [-0.3, -0.25) is 9.69 Å². The molecule has 3 fully saturated rings. The molecular weight excluding hydrogens is 473 g/mol. The molecule has 2 atom stereocenters. The molecule has 2 saturated heterocycles.